The van der Waals surface area contributed by atoms with E-state index in [4.69, 9.17) is 4.74 Å². The molecule has 3 heteroatoms. The van der Waals surface area contributed by atoms with Gasteiger partial charge in [-0.1, -0.05) is 34.1 Å². The number of Topliss-reactive ketones (excluding diaryl/α,β-unsaturated/α-hetero) is 1. The highest BCUT2D eigenvalue weighted by molar-refractivity contribution is 9.09. The third kappa shape index (κ3) is 3.44. The monoisotopic (exact) mass is 318 g/mol. The lowest BCUT2D eigenvalue weighted by molar-refractivity contribution is 0.102. The SMILES string of the molecule is Cc1cc(C)cc(Oc2ccccc2C(=O)CBr)c1. The van der Waals surface area contributed by atoms with Gasteiger partial charge in [-0.3, -0.25) is 4.79 Å². The maximum Gasteiger partial charge on any atom is 0.177 e. The molecular weight excluding hydrogens is 304 g/mol. The zero-order valence-corrected chi connectivity index (χ0v) is 12.5. The molecule has 0 unspecified atom stereocenters. The number of aryl methyl sites for hydroxylation is 2. The topological polar surface area (TPSA) is 26.3 Å². The normalized spacial score (nSPS) is 10.3. The molecule has 0 saturated carbocycles. The Labute approximate surface area is 121 Å². The minimum atomic E-state index is 0.0139. The third-order valence-electron chi connectivity index (χ3n) is 2.73. The van der Waals surface area contributed by atoms with Crippen LogP contribution in [0.5, 0.6) is 11.5 Å². The molecule has 0 radical (unpaired) electrons. The van der Waals surface area contributed by atoms with Gasteiger partial charge in [-0.05, 0) is 49.2 Å². The van der Waals surface area contributed by atoms with E-state index in [-0.39, 0.29) is 5.78 Å². The summed E-state index contributed by atoms with van der Waals surface area (Å²) in [4.78, 5) is 11.8. The smallest absolute Gasteiger partial charge is 0.177 e. The van der Waals surface area contributed by atoms with E-state index in [9.17, 15) is 4.79 Å². The minimum absolute atomic E-state index is 0.0139. The Morgan fingerprint density at radius 2 is 1.74 bits per heavy atom. The summed E-state index contributed by atoms with van der Waals surface area (Å²) in [6.07, 6.45) is 0. The lowest BCUT2D eigenvalue weighted by Gasteiger charge is -2.11. The number of para-hydroxylation sites is 1. The molecule has 2 aromatic rings. The second kappa shape index (κ2) is 6.02. The van der Waals surface area contributed by atoms with Crippen LogP contribution in [0, 0.1) is 13.8 Å². The summed E-state index contributed by atoms with van der Waals surface area (Å²) in [6, 6.07) is 13.3. The summed E-state index contributed by atoms with van der Waals surface area (Å²) in [5, 5.41) is 0.292. The molecule has 0 N–H and O–H groups in total. The molecule has 0 aromatic heterocycles. The number of halogens is 1. The van der Waals surface area contributed by atoms with Crippen molar-refractivity contribution in [3.05, 3.63) is 59.2 Å². The molecule has 2 aromatic carbocycles. The summed E-state index contributed by atoms with van der Waals surface area (Å²) in [5.74, 6) is 1.37. The van der Waals surface area contributed by atoms with Gasteiger partial charge in [-0.25, -0.2) is 0 Å². The maximum atomic E-state index is 11.8. The molecule has 98 valence electrons. The molecular formula is C16H15BrO2. The molecule has 0 amide bonds. The van der Waals surface area contributed by atoms with Crippen LogP contribution in [-0.4, -0.2) is 11.1 Å². The second-order valence-electron chi connectivity index (χ2n) is 4.48. The van der Waals surface area contributed by atoms with Gasteiger partial charge < -0.3 is 4.74 Å². The van der Waals surface area contributed by atoms with Crippen LogP contribution in [0.2, 0.25) is 0 Å². The van der Waals surface area contributed by atoms with Crippen molar-refractivity contribution < 1.29 is 9.53 Å². The molecule has 0 aliphatic carbocycles. The summed E-state index contributed by atoms with van der Waals surface area (Å²) >= 11 is 3.19. The van der Waals surface area contributed by atoms with Crippen molar-refractivity contribution in [2.75, 3.05) is 5.33 Å². The third-order valence-corrected chi connectivity index (χ3v) is 3.24. The van der Waals surface area contributed by atoms with Crippen molar-refractivity contribution in [1.29, 1.82) is 0 Å². The van der Waals surface area contributed by atoms with Crippen molar-refractivity contribution in [2.45, 2.75) is 13.8 Å². The van der Waals surface area contributed by atoms with Crippen LogP contribution in [0.3, 0.4) is 0 Å². The number of benzene rings is 2. The van der Waals surface area contributed by atoms with Crippen molar-refractivity contribution in [3.63, 3.8) is 0 Å². The summed E-state index contributed by atoms with van der Waals surface area (Å²) in [5.41, 5.74) is 2.87. The van der Waals surface area contributed by atoms with Gasteiger partial charge >= 0.3 is 0 Å². The maximum absolute atomic E-state index is 11.8. The fraction of sp³-hybridized carbons (Fsp3) is 0.188. The van der Waals surface area contributed by atoms with Crippen LogP contribution >= 0.6 is 15.9 Å². The Kier molecular flexibility index (Phi) is 4.38. The van der Waals surface area contributed by atoms with Gasteiger partial charge in [0.25, 0.3) is 0 Å². The Hall–Kier alpha value is -1.61. The number of hydrogen-bond donors (Lipinski definition) is 0. The first-order valence-electron chi connectivity index (χ1n) is 6.04. The fourth-order valence-electron chi connectivity index (χ4n) is 1.98. The molecule has 0 saturated heterocycles. The van der Waals surface area contributed by atoms with Crippen molar-refractivity contribution in [2.24, 2.45) is 0 Å². The van der Waals surface area contributed by atoms with E-state index in [1.54, 1.807) is 6.07 Å². The summed E-state index contributed by atoms with van der Waals surface area (Å²) in [7, 11) is 0. The predicted molar refractivity (Wildman–Crippen MR) is 80.6 cm³/mol. The second-order valence-corrected chi connectivity index (χ2v) is 5.04. The Balaban J connectivity index is 2.35. The largest absolute Gasteiger partial charge is 0.457 e. The lowest BCUT2D eigenvalue weighted by Crippen LogP contribution is -2.02. The first-order chi connectivity index (χ1) is 9.10. The van der Waals surface area contributed by atoms with Crippen LogP contribution < -0.4 is 4.74 Å². The average molecular weight is 319 g/mol. The Morgan fingerprint density at radius 3 is 2.37 bits per heavy atom. The molecule has 0 heterocycles. The van der Waals surface area contributed by atoms with E-state index in [0.717, 1.165) is 16.9 Å². The standard InChI is InChI=1S/C16H15BrO2/c1-11-7-12(2)9-13(8-11)19-16-6-4-3-5-14(16)15(18)10-17/h3-9H,10H2,1-2H3. The van der Waals surface area contributed by atoms with E-state index < -0.39 is 0 Å². The number of ether oxygens (including phenoxy) is 1. The zero-order valence-electron chi connectivity index (χ0n) is 10.9. The van der Waals surface area contributed by atoms with Gasteiger partial charge in [0.15, 0.2) is 5.78 Å². The van der Waals surface area contributed by atoms with E-state index in [1.165, 1.54) is 0 Å². The van der Waals surface area contributed by atoms with Crippen LogP contribution in [0.4, 0.5) is 0 Å². The fourth-order valence-corrected chi connectivity index (χ4v) is 2.28. The number of rotatable bonds is 4. The van der Waals surface area contributed by atoms with Gasteiger partial charge in [0.1, 0.15) is 11.5 Å². The molecule has 2 nitrogen and oxygen atoms in total. The highest BCUT2D eigenvalue weighted by Crippen LogP contribution is 2.27. The van der Waals surface area contributed by atoms with Gasteiger partial charge in [0.05, 0.1) is 10.9 Å². The van der Waals surface area contributed by atoms with Crippen LogP contribution in [-0.2, 0) is 0 Å². The van der Waals surface area contributed by atoms with E-state index in [0.29, 0.717) is 16.6 Å². The number of alkyl halides is 1. The molecule has 0 bridgehead atoms. The van der Waals surface area contributed by atoms with Crippen molar-refractivity contribution >= 4 is 21.7 Å². The van der Waals surface area contributed by atoms with Crippen molar-refractivity contribution in [1.82, 2.24) is 0 Å². The number of ketones is 1. The number of hydrogen-bond acceptors (Lipinski definition) is 2. The lowest BCUT2D eigenvalue weighted by atomic mass is 10.1. The van der Waals surface area contributed by atoms with E-state index in [1.807, 2.05) is 44.2 Å². The molecule has 0 fully saturated rings. The molecule has 0 aliphatic rings. The average Bonchev–Trinajstić information content (AvgIpc) is 2.37. The van der Waals surface area contributed by atoms with Gasteiger partial charge in [0.2, 0.25) is 0 Å². The van der Waals surface area contributed by atoms with Crippen molar-refractivity contribution in [3.8, 4) is 11.5 Å². The van der Waals surface area contributed by atoms with E-state index in [2.05, 4.69) is 22.0 Å². The quantitative estimate of drug-likeness (QED) is 0.604. The molecule has 2 rings (SSSR count). The zero-order chi connectivity index (χ0) is 13.8. The summed E-state index contributed by atoms with van der Waals surface area (Å²) in [6.45, 7) is 4.05. The highest BCUT2D eigenvalue weighted by Gasteiger charge is 2.11. The molecule has 0 aliphatic heterocycles. The highest BCUT2D eigenvalue weighted by atomic mass is 79.9. The Bertz CT molecular complexity index is 585. The first-order valence-corrected chi connectivity index (χ1v) is 7.16. The number of carbonyl (C=O) groups excluding carboxylic acids is 1. The minimum Gasteiger partial charge on any atom is -0.457 e. The van der Waals surface area contributed by atoms with Crippen LogP contribution in [0.15, 0.2) is 42.5 Å². The number of carbonyl (C=O) groups is 1. The van der Waals surface area contributed by atoms with Crippen LogP contribution in [0.25, 0.3) is 0 Å². The molecule has 0 atom stereocenters. The molecule has 19 heavy (non-hydrogen) atoms. The van der Waals surface area contributed by atoms with Crippen LogP contribution in [0.1, 0.15) is 21.5 Å². The first kappa shape index (κ1) is 13.8. The molecule has 0 spiro atoms. The van der Waals surface area contributed by atoms with Gasteiger partial charge in [-0.2, -0.15) is 0 Å². The predicted octanol–water partition coefficient (Wildman–Crippen LogP) is 4.67. The van der Waals surface area contributed by atoms with Gasteiger partial charge in [-0.15, -0.1) is 0 Å². The van der Waals surface area contributed by atoms with E-state index >= 15 is 0 Å². The summed E-state index contributed by atoms with van der Waals surface area (Å²) < 4.78 is 5.85. The Morgan fingerprint density at radius 1 is 1.11 bits per heavy atom. The van der Waals surface area contributed by atoms with Gasteiger partial charge in [0, 0.05) is 0 Å².